The minimum absolute atomic E-state index is 0.516. The Morgan fingerprint density at radius 1 is 1.53 bits per heavy atom. The van der Waals surface area contributed by atoms with Gasteiger partial charge in [-0.25, -0.2) is 4.98 Å². The van der Waals surface area contributed by atoms with Gasteiger partial charge in [-0.05, 0) is 35.7 Å². The Labute approximate surface area is 91.2 Å². The van der Waals surface area contributed by atoms with E-state index in [2.05, 4.69) is 10.3 Å². The number of aromatic nitrogens is 1. The standard InChI is InChI=1S/C10H9ClN2O2/c11-10(14)12-4-3-7-1-2-8-9(5-7)15-6-13-8/h1-2,5-6H,3-4H2,(H,12,14). The van der Waals surface area contributed by atoms with Gasteiger partial charge >= 0.3 is 5.37 Å². The summed E-state index contributed by atoms with van der Waals surface area (Å²) in [5.41, 5.74) is 2.66. The number of fused-ring (bicyclic) bond motifs is 1. The molecule has 0 radical (unpaired) electrons. The zero-order chi connectivity index (χ0) is 10.7. The lowest BCUT2D eigenvalue weighted by atomic mass is 10.1. The molecule has 15 heavy (non-hydrogen) atoms. The molecular weight excluding hydrogens is 216 g/mol. The van der Waals surface area contributed by atoms with E-state index < -0.39 is 5.37 Å². The van der Waals surface area contributed by atoms with Gasteiger partial charge < -0.3 is 9.73 Å². The molecule has 2 rings (SSSR count). The highest BCUT2D eigenvalue weighted by molar-refractivity contribution is 6.62. The predicted molar refractivity (Wildman–Crippen MR) is 57.0 cm³/mol. The first kappa shape index (κ1) is 9.98. The van der Waals surface area contributed by atoms with E-state index in [-0.39, 0.29) is 0 Å². The molecule has 5 heteroatoms. The SMILES string of the molecule is O=C(Cl)NCCc1ccc2ncoc2c1. The molecule has 1 heterocycles. The summed E-state index contributed by atoms with van der Waals surface area (Å²) < 4.78 is 5.16. The molecule has 0 saturated carbocycles. The number of rotatable bonds is 3. The average molecular weight is 225 g/mol. The number of halogens is 1. The van der Waals surface area contributed by atoms with Crippen molar-refractivity contribution >= 4 is 28.1 Å². The summed E-state index contributed by atoms with van der Waals surface area (Å²) in [5, 5.41) is 1.98. The third-order valence-corrected chi connectivity index (χ3v) is 2.21. The largest absolute Gasteiger partial charge is 0.443 e. The van der Waals surface area contributed by atoms with Crippen molar-refractivity contribution < 1.29 is 9.21 Å². The highest BCUT2D eigenvalue weighted by Gasteiger charge is 2.00. The molecule has 78 valence electrons. The second kappa shape index (κ2) is 4.31. The van der Waals surface area contributed by atoms with Crippen LogP contribution in [0.3, 0.4) is 0 Å². The van der Waals surface area contributed by atoms with E-state index in [1.165, 1.54) is 6.39 Å². The molecule has 1 aromatic heterocycles. The molecular formula is C10H9ClN2O2. The van der Waals surface area contributed by atoms with Crippen molar-refractivity contribution in [3.63, 3.8) is 0 Å². The number of oxazole rings is 1. The van der Waals surface area contributed by atoms with Gasteiger partial charge in [0.15, 0.2) is 12.0 Å². The number of nitrogens with one attached hydrogen (secondary N) is 1. The molecule has 1 amide bonds. The summed E-state index contributed by atoms with van der Waals surface area (Å²) in [6.07, 6.45) is 2.13. The molecule has 0 aliphatic rings. The van der Waals surface area contributed by atoms with Crippen molar-refractivity contribution in [3.05, 3.63) is 30.2 Å². The summed E-state index contributed by atoms with van der Waals surface area (Å²) in [5.74, 6) is 0. The third kappa shape index (κ3) is 2.47. The van der Waals surface area contributed by atoms with E-state index in [1.807, 2.05) is 18.2 Å². The van der Waals surface area contributed by atoms with E-state index in [0.717, 1.165) is 23.1 Å². The van der Waals surface area contributed by atoms with E-state index in [1.54, 1.807) is 0 Å². The zero-order valence-corrected chi connectivity index (χ0v) is 8.62. The van der Waals surface area contributed by atoms with Crippen LogP contribution < -0.4 is 5.32 Å². The second-order valence-electron chi connectivity index (χ2n) is 3.10. The lowest BCUT2D eigenvalue weighted by molar-refractivity contribution is 0.260. The molecule has 0 spiro atoms. The average Bonchev–Trinajstić information content (AvgIpc) is 2.64. The molecule has 0 aliphatic heterocycles. The van der Waals surface area contributed by atoms with Crippen molar-refractivity contribution in [2.24, 2.45) is 0 Å². The van der Waals surface area contributed by atoms with Gasteiger partial charge in [0.1, 0.15) is 5.52 Å². The van der Waals surface area contributed by atoms with Crippen molar-refractivity contribution in [1.82, 2.24) is 10.3 Å². The smallest absolute Gasteiger partial charge is 0.313 e. The molecule has 0 atom stereocenters. The minimum Gasteiger partial charge on any atom is -0.443 e. The van der Waals surface area contributed by atoms with E-state index in [9.17, 15) is 4.79 Å². The molecule has 4 nitrogen and oxygen atoms in total. The quantitative estimate of drug-likeness (QED) is 0.643. The summed E-state index contributed by atoms with van der Waals surface area (Å²) in [7, 11) is 0. The maximum absolute atomic E-state index is 10.4. The van der Waals surface area contributed by atoms with Crippen LogP contribution in [0.25, 0.3) is 11.1 Å². The first-order chi connectivity index (χ1) is 7.25. The molecule has 0 unspecified atom stereocenters. The Morgan fingerprint density at radius 3 is 3.20 bits per heavy atom. The summed E-state index contributed by atoms with van der Waals surface area (Å²) >= 11 is 5.14. The van der Waals surface area contributed by atoms with Crippen LogP contribution in [0.1, 0.15) is 5.56 Å². The highest BCUT2D eigenvalue weighted by atomic mass is 35.5. The lowest BCUT2D eigenvalue weighted by Gasteiger charge is -2.00. The van der Waals surface area contributed by atoms with Crippen LogP contribution >= 0.6 is 11.6 Å². The summed E-state index contributed by atoms with van der Waals surface area (Å²) in [6, 6.07) is 5.74. The van der Waals surface area contributed by atoms with Crippen molar-refractivity contribution in [3.8, 4) is 0 Å². The van der Waals surface area contributed by atoms with Gasteiger partial charge in [-0.2, -0.15) is 0 Å². The number of amides is 1. The van der Waals surface area contributed by atoms with Gasteiger partial charge in [0.05, 0.1) is 0 Å². The van der Waals surface area contributed by atoms with Gasteiger partial charge in [0.25, 0.3) is 0 Å². The Bertz CT molecular complexity index is 481. The van der Waals surface area contributed by atoms with Crippen LogP contribution in [0, 0.1) is 0 Å². The number of hydrogen-bond acceptors (Lipinski definition) is 3. The predicted octanol–water partition coefficient (Wildman–Crippen LogP) is 2.32. The fraction of sp³-hybridized carbons (Fsp3) is 0.200. The fourth-order valence-corrected chi connectivity index (χ4v) is 1.45. The first-order valence-electron chi connectivity index (χ1n) is 4.51. The number of hydrogen-bond donors (Lipinski definition) is 1. The van der Waals surface area contributed by atoms with E-state index >= 15 is 0 Å². The minimum atomic E-state index is -0.532. The van der Waals surface area contributed by atoms with Crippen molar-refractivity contribution in [1.29, 1.82) is 0 Å². The summed E-state index contributed by atoms with van der Waals surface area (Å²) in [6.45, 7) is 0.516. The maximum Gasteiger partial charge on any atom is 0.313 e. The topological polar surface area (TPSA) is 55.1 Å². The van der Waals surface area contributed by atoms with Crippen molar-refractivity contribution in [2.75, 3.05) is 6.54 Å². The number of nitrogens with zero attached hydrogens (tertiary/aromatic N) is 1. The summed E-state index contributed by atoms with van der Waals surface area (Å²) in [4.78, 5) is 14.4. The Balaban J connectivity index is 2.04. The Hall–Kier alpha value is -1.55. The van der Waals surface area contributed by atoms with Gasteiger partial charge in [-0.1, -0.05) is 6.07 Å². The van der Waals surface area contributed by atoms with Gasteiger partial charge in [-0.15, -0.1) is 0 Å². The number of benzene rings is 1. The highest BCUT2D eigenvalue weighted by Crippen LogP contribution is 2.14. The van der Waals surface area contributed by atoms with Gasteiger partial charge in [0.2, 0.25) is 0 Å². The lowest BCUT2D eigenvalue weighted by Crippen LogP contribution is -2.19. The van der Waals surface area contributed by atoms with Crippen LogP contribution in [0.5, 0.6) is 0 Å². The maximum atomic E-state index is 10.4. The normalized spacial score (nSPS) is 10.5. The molecule has 0 fully saturated rings. The molecule has 0 aliphatic carbocycles. The fourth-order valence-electron chi connectivity index (χ4n) is 1.36. The third-order valence-electron chi connectivity index (χ3n) is 2.07. The van der Waals surface area contributed by atoms with Crippen LogP contribution in [0.4, 0.5) is 4.79 Å². The monoisotopic (exact) mass is 224 g/mol. The van der Waals surface area contributed by atoms with E-state index in [0.29, 0.717) is 6.54 Å². The van der Waals surface area contributed by atoms with E-state index in [4.69, 9.17) is 16.0 Å². The number of carbonyl (C=O) groups is 1. The molecule has 1 N–H and O–H groups in total. The van der Waals surface area contributed by atoms with Crippen LogP contribution in [0.2, 0.25) is 0 Å². The van der Waals surface area contributed by atoms with Crippen LogP contribution in [-0.4, -0.2) is 16.9 Å². The Morgan fingerprint density at radius 2 is 2.40 bits per heavy atom. The van der Waals surface area contributed by atoms with Crippen molar-refractivity contribution in [2.45, 2.75) is 6.42 Å². The van der Waals surface area contributed by atoms with Crippen LogP contribution in [-0.2, 0) is 6.42 Å². The molecule has 2 aromatic rings. The molecule has 0 bridgehead atoms. The first-order valence-corrected chi connectivity index (χ1v) is 4.89. The number of carbonyl (C=O) groups excluding carboxylic acids is 1. The Kier molecular flexibility index (Phi) is 2.87. The van der Waals surface area contributed by atoms with Gasteiger partial charge in [-0.3, -0.25) is 4.79 Å². The molecule has 1 aromatic carbocycles. The van der Waals surface area contributed by atoms with Gasteiger partial charge in [0, 0.05) is 6.54 Å². The second-order valence-corrected chi connectivity index (χ2v) is 3.45. The van der Waals surface area contributed by atoms with Crippen LogP contribution in [0.15, 0.2) is 29.0 Å². The molecule has 0 saturated heterocycles. The zero-order valence-electron chi connectivity index (χ0n) is 7.87.